The maximum absolute atomic E-state index is 10.6. The number of carbonyl (C=O) groups excluding carboxylic acids is 1. The molecule has 0 bridgehead atoms. The van der Waals surface area contributed by atoms with Crippen LogP contribution >= 0.6 is 0 Å². The highest BCUT2D eigenvalue weighted by Crippen LogP contribution is 1.85. The first-order chi connectivity index (χ1) is 5.31. The molecule has 0 atom stereocenters. The summed E-state index contributed by atoms with van der Waals surface area (Å²) >= 11 is 0. The fourth-order valence-electron chi connectivity index (χ4n) is 0.488. The average Bonchev–Trinajstić information content (AvgIpc) is 2.04. The molecule has 0 heterocycles. The highest BCUT2D eigenvalue weighted by molar-refractivity contribution is 5.68. The van der Waals surface area contributed by atoms with E-state index in [-0.39, 0.29) is 5.97 Å². The van der Waals surface area contributed by atoms with Crippen LogP contribution < -0.4 is 0 Å². The summed E-state index contributed by atoms with van der Waals surface area (Å²) in [5.74, 6) is -0.157. The van der Waals surface area contributed by atoms with Gasteiger partial charge in [-0.25, -0.2) is 0 Å². The van der Waals surface area contributed by atoms with Crippen molar-refractivity contribution in [2.24, 2.45) is 0 Å². The predicted molar refractivity (Wildman–Crippen MR) is 45.2 cm³/mol. The molecule has 0 aromatic rings. The van der Waals surface area contributed by atoms with Crippen molar-refractivity contribution in [3.63, 3.8) is 0 Å². The van der Waals surface area contributed by atoms with Crippen LogP contribution in [-0.2, 0) is 9.53 Å². The third kappa shape index (κ3) is 6.84. The average molecular weight is 154 g/mol. The molecule has 0 amide bonds. The maximum Gasteiger partial charge on any atom is 0.305 e. The fraction of sp³-hybridized carbons (Fsp3) is 0.444. The quantitative estimate of drug-likeness (QED) is 0.457. The molecule has 0 fully saturated rings. The van der Waals surface area contributed by atoms with Crippen LogP contribution in [0.4, 0.5) is 0 Å². The van der Waals surface area contributed by atoms with Crippen molar-refractivity contribution in [2.45, 2.75) is 20.3 Å². The van der Waals surface area contributed by atoms with Crippen molar-refractivity contribution in [2.75, 3.05) is 6.61 Å². The number of ether oxygens (including phenoxy) is 1. The molecule has 0 saturated heterocycles. The molecule has 0 aliphatic heterocycles. The van der Waals surface area contributed by atoms with Gasteiger partial charge in [-0.15, -0.1) is 0 Å². The van der Waals surface area contributed by atoms with Crippen molar-refractivity contribution in [1.29, 1.82) is 0 Å². The van der Waals surface area contributed by atoms with Crippen molar-refractivity contribution in [1.82, 2.24) is 0 Å². The van der Waals surface area contributed by atoms with E-state index in [4.69, 9.17) is 4.74 Å². The lowest BCUT2D eigenvalue weighted by atomic mass is 10.4. The molecule has 2 nitrogen and oxygen atoms in total. The zero-order valence-electron chi connectivity index (χ0n) is 7.04. The van der Waals surface area contributed by atoms with Crippen molar-refractivity contribution < 1.29 is 9.53 Å². The van der Waals surface area contributed by atoms with Gasteiger partial charge in [-0.1, -0.05) is 25.2 Å². The molecular formula is C9H14O2. The first-order valence-electron chi connectivity index (χ1n) is 3.74. The summed E-state index contributed by atoms with van der Waals surface area (Å²) in [6, 6.07) is 0. The van der Waals surface area contributed by atoms with Crippen molar-refractivity contribution in [3.8, 4) is 0 Å². The van der Waals surface area contributed by atoms with E-state index in [0.717, 1.165) is 0 Å². The number of carbonyl (C=O) groups is 1. The summed E-state index contributed by atoms with van der Waals surface area (Å²) in [6.07, 6.45) is 7.89. The second kappa shape index (κ2) is 7.06. The smallest absolute Gasteiger partial charge is 0.305 e. The molecule has 11 heavy (non-hydrogen) atoms. The molecule has 0 aromatic heterocycles. The lowest BCUT2D eigenvalue weighted by molar-refractivity contribution is -0.141. The summed E-state index contributed by atoms with van der Waals surface area (Å²) in [6.45, 7) is 4.08. The molecule has 0 aliphatic rings. The monoisotopic (exact) mass is 154 g/mol. The van der Waals surface area contributed by atoms with Crippen LogP contribution in [0.5, 0.6) is 0 Å². The Hall–Kier alpha value is -1.05. The van der Waals surface area contributed by atoms with Crippen LogP contribution in [0.1, 0.15) is 20.3 Å². The minimum Gasteiger partial charge on any atom is -0.461 e. The highest BCUT2D eigenvalue weighted by Gasteiger charge is 1.92. The molecule has 0 spiro atoms. The maximum atomic E-state index is 10.6. The Morgan fingerprint density at radius 2 is 2.18 bits per heavy atom. The van der Waals surface area contributed by atoms with E-state index < -0.39 is 0 Å². The number of allylic oxidation sites excluding steroid dienone is 3. The molecule has 0 aromatic carbocycles. The third-order valence-electron chi connectivity index (χ3n) is 1.07. The van der Waals surface area contributed by atoms with E-state index in [1.807, 2.05) is 25.2 Å². The van der Waals surface area contributed by atoms with Gasteiger partial charge in [0.2, 0.25) is 0 Å². The van der Waals surface area contributed by atoms with Crippen LogP contribution in [0.3, 0.4) is 0 Å². The minimum atomic E-state index is -0.157. The van der Waals surface area contributed by atoms with E-state index in [0.29, 0.717) is 13.0 Å². The summed E-state index contributed by atoms with van der Waals surface area (Å²) in [4.78, 5) is 10.6. The Morgan fingerprint density at radius 3 is 2.73 bits per heavy atom. The Labute approximate surface area is 67.6 Å². The van der Waals surface area contributed by atoms with Crippen LogP contribution in [-0.4, -0.2) is 12.6 Å². The molecule has 0 radical (unpaired) electrons. The lowest BCUT2D eigenvalue weighted by Gasteiger charge is -1.95. The Morgan fingerprint density at radius 1 is 1.45 bits per heavy atom. The number of rotatable bonds is 4. The van der Waals surface area contributed by atoms with E-state index in [1.165, 1.54) is 0 Å². The summed E-state index contributed by atoms with van der Waals surface area (Å²) in [7, 11) is 0. The summed E-state index contributed by atoms with van der Waals surface area (Å²) in [5.41, 5.74) is 0. The van der Waals surface area contributed by atoms with Gasteiger partial charge in [0, 0.05) is 6.42 Å². The number of hydrogen-bond donors (Lipinski definition) is 0. The van der Waals surface area contributed by atoms with Crippen molar-refractivity contribution >= 4 is 5.97 Å². The summed E-state index contributed by atoms with van der Waals surface area (Å²) in [5, 5.41) is 0. The van der Waals surface area contributed by atoms with Crippen LogP contribution in [0.15, 0.2) is 24.3 Å². The van der Waals surface area contributed by atoms with Gasteiger partial charge in [0.25, 0.3) is 0 Å². The summed E-state index contributed by atoms with van der Waals surface area (Å²) < 4.78 is 4.78. The zero-order valence-corrected chi connectivity index (χ0v) is 7.04. The van der Waals surface area contributed by atoms with Crippen LogP contribution in [0.2, 0.25) is 0 Å². The van der Waals surface area contributed by atoms with Gasteiger partial charge in [-0.3, -0.25) is 4.79 Å². The molecule has 2 heteroatoms. The topological polar surface area (TPSA) is 26.3 Å². The lowest BCUT2D eigenvalue weighted by Crippen LogP contribution is -2.01. The van der Waals surface area contributed by atoms with E-state index in [2.05, 4.69) is 0 Å². The van der Waals surface area contributed by atoms with Gasteiger partial charge in [0.05, 0.1) is 0 Å². The van der Waals surface area contributed by atoms with Gasteiger partial charge < -0.3 is 4.74 Å². The van der Waals surface area contributed by atoms with Gasteiger partial charge >= 0.3 is 5.97 Å². The van der Waals surface area contributed by atoms with Crippen molar-refractivity contribution in [3.05, 3.63) is 24.3 Å². The molecule has 0 rings (SSSR count). The highest BCUT2D eigenvalue weighted by atomic mass is 16.5. The molecular weight excluding hydrogens is 140 g/mol. The Bertz CT molecular complexity index is 157. The third-order valence-corrected chi connectivity index (χ3v) is 1.07. The largest absolute Gasteiger partial charge is 0.461 e. The molecule has 0 unspecified atom stereocenters. The van der Waals surface area contributed by atoms with Gasteiger partial charge in [-0.2, -0.15) is 0 Å². The molecule has 62 valence electrons. The standard InChI is InChI=1S/C9H14O2/c1-3-5-6-7-8-11-9(10)4-2/h3,5-7H,4,8H2,1-2H3/b5-3-,7-6-. The SMILES string of the molecule is C/C=C\C=C/COC(=O)CC. The van der Waals surface area contributed by atoms with Gasteiger partial charge in [-0.05, 0) is 13.0 Å². The Balaban J connectivity index is 3.33. The molecule has 0 aliphatic carbocycles. The number of esters is 1. The Kier molecular flexibility index (Phi) is 6.39. The zero-order chi connectivity index (χ0) is 8.53. The molecule has 0 saturated carbocycles. The van der Waals surface area contributed by atoms with Crippen LogP contribution in [0.25, 0.3) is 0 Å². The second-order valence-electron chi connectivity index (χ2n) is 1.99. The molecule has 0 N–H and O–H groups in total. The van der Waals surface area contributed by atoms with Crippen LogP contribution in [0, 0.1) is 0 Å². The normalized spacial score (nSPS) is 11.1. The van der Waals surface area contributed by atoms with E-state index in [9.17, 15) is 4.79 Å². The van der Waals surface area contributed by atoms with Gasteiger partial charge in [0.1, 0.15) is 6.61 Å². The number of hydrogen-bond acceptors (Lipinski definition) is 2. The first-order valence-corrected chi connectivity index (χ1v) is 3.74. The first kappa shape index (κ1) is 9.95. The van der Waals surface area contributed by atoms with E-state index in [1.54, 1.807) is 13.0 Å². The van der Waals surface area contributed by atoms with Gasteiger partial charge in [0.15, 0.2) is 0 Å². The second-order valence-corrected chi connectivity index (χ2v) is 1.99. The fourth-order valence-corrected chi connectivity index (χ4v) is 0.488. The predicted octanol–water partition coefficient (Wildman–Crippen LogP) is 2.07. The minimum absolute atomic E-state index is 0.157. The van der Waals surface area contributed by atoms with E-state index >= 15 is 0 Å².